The van der Waals surface area contributed by atoms with Gasteiger partial charge < -0.3 is 5.32 Å². The highest BCUT2D eigenvalue weighted by molar-refractivity contribution is 5.23. The van der Waals surface area contributed by atoms with Gasteiger partial charge in [0, 0.05) is 37.8 Å². The van der Waals surface area contributed by atoms with Crippen molar-refractivity contribution in [3.05, 3.63) is 35.4 Å². The van der Waals surface area contributed by atoms with Crippen LogP contribution in [0.4, 0.5) is 22.0 Å². The van der Waals surface area contributed by atoms with E-state index in [0.717, 1.165) is 6.07 Å². The molecule has 112 valence electrons. The van der Waals surface area contributed by atoms with Gasteiger partial charge in [-0.15, -0.1) is 0 Å². The lowest BCUT2D eigenvalue weighted by Crippen LogP contribution is -2.46. The molecular formula is C13H15F5N2. The topological polar surface area (TPSA) is 15.3 Å². The van der Waals surface area contributed by atoms with Crippen molar-refractivity contribution in [1.82, 2.24) is 10.2 Å². The van der Waals surface area contributed by atoms with Gasteiger partial charge in [-0.2, -0.15) is 13.2 Å². The zero-order chi connectivity index (χ0) is 14.8. The summed E-state index contributed by atoms with van der Waals surface area (Å²) in [6.07, 6.45) is -5.62. The van der Waals surface area contributed by atoms with Crippen molar-refractivity contribution in [3.63, 3.8) is 0 Å². The van der Waals surface area contributed by atoms with Gasteiger partial charge in [0.1, 0.15) is 0 Å². The maximum absolute atomic E-state index is 13.8. The predicted octanol–water partition coefficient (Wildman–Crippen LogP) is 2.86. The molecule has 0 saturated carbocycles. The van der Waals surface area contributed by atoms with Crippen LogP contribution in [0.3, 0.4) is 0 Å². The Morgan fingerprint density at radius 1 is 1.15 bits per heavy atom. The van der Waals surface area contributed by atoms with Crippen molar-refractivity contribution in [2.75, 3.05) is 26.2 Å². The van der Waals surface area contributed by atoms with E-state index in [1.807, 2.05) is 0 Å². The third-order valence-corrected chi connectivity index (χ3v) is 3.36. The molecule has 1 fully saturated rings. The zero-order valence-electron chi connectivity index (χ0n) is 10.7. The summed E-state index contributed by atoms with van der Waals surface area (Å²) in [6.45, 7) is 1.81. The van der Waals surface area contributed by atoms with Gasteiger partial charge in [0.05, 0.1) is 6.42 Å². The second kappa shape index (κ2) is 6.05. The molecule has 20 heavy (non-hydrogen) atoms. The molecule has 0 unspecified atom stereocenters. The third kappa shape index (κ3) is 3.67. The van der Waals surface area contributed by atoms with Gasteiger partial charge in [-0.3, -0.25) is 4.90 Å². The maximum Gasteiger partial charge on any atom is 0.390 e. The fourth-order valence-electron chi connectivity index (χ4n) is 2.43. The van der Waals surface area contributed by atoms with Crippen molar-refractivity contribution in [1.29, 1.82) is 0 Å². The highest BCUT2D eigenvalue weighted by Gasteiger charge is 2.37. The largest absolute Gasteiger partial charge is 0.390 e. The molecule has 0 aromatic heterocycles. The van der Waals surface area contributed by atoms with Gasteiger partial charge in [-0.1, -0.05) is 12.1 Å². The number of nitrogens with one attached hydrogen (secondary N) is 1. The number of hydrogen-bond donors (Lipinski definition) is 1. The molecule has 0 amide bonds. The second-order valence-electron chi connectivity index (χ2n) is 4.76. The molecule has 1 aromatic carbocycles. The molecule has 1 N–H and O–H groups in total. The first kappa shape index (κ1) is 15.2. The van der Waals surface area contributed by atoms with Crippen LogP contribution < -0.4 is 5.32 Å². The first-order chi connectivity index (χ1) is 9.38. The van der Waals surface area contributed by atoms with E-state index in [9.17, 15) is 22.0 Å². The predicted molar refractivity (Wildman–Crippen MR) is 64.2 cm³/mol. The lowest BCUT2D eigenvalue weighted by molar-refractivity contribution is -0.149. The maximum atomic E-state index is 13.8. The van der Waals surface area contributed by atoms with E-state index in [-0.39, 0.29) is 5.56 Å². The summed E-state index contributed by atoms with van der Waals surface area (Å²) in [5.74, 6) is -2.31. The Balaban J connectivity index is 2.32. The van der Waals surface area contributed by atoms with Crippen LogP contribution in [0.5, 0.6) is 0 Å². The molecule has 7 heteroatoms. The van der Waals surface area contributed by atoms with Crippen LogP contribution in [0.25, 0.3) is 0 Å². The van der Waals surface area contributed by atoms with Crippen LogP contribution in [-0.2, 0) is 0 Å². The fourth-order valence-corrected chi connectivity index (χ4v) is 2.43. The summed E-state index contributed by atoms with van der Waals surface area (Å²) in [5.41, 5.74) is -0.232. The van der Waals surface area contributed by atoms with Crippen LogP contribution >= 0.6 is 0 Å². The molecule has 0 aliphatic carbocycles. The van der Waals surface area contributed by atoms with E-state index in [1.54, 1.807) is 4.90 Å². The van der Waals surface area contributed by atoms with Crippen molar-refractivity contribution < 1.29 is 22.0 Å². The first-order valence-electron chi connectivity index (χ1n) is 6.34. The van der Waals surface area contributed by atoms with Crippen molar-refractivity contribution >= 4 is 0 Å². The molecule has 0 spiro atoms. The summed E-state index contributed by atoms with van der Waals surface area (Å²) in [7, 11) is 0. The van der Waals surface area contributed by atoms with Crippen molar-refractivity contribution in [3.8, 4) is 0 Å². The summed E-state index contributed by atoms with van der Waals surface area (Å²) >= 11 is 0. The van der Waals surface area contributed by atoms with E-state index in [1.165, 1.54) is 12.1 Å². The molecule has 2 rings (SSSR count). The van der Waals surface area contributed by atoms with Gasteiger partial charge >= 0.3 is 6.18 Å². The number of alkyl halides is 3. The Kier molecular flexibility index (Phi) is 4.59. The number of piperazine rings is 1. The lowest BCUT2D eigenvalue weighted by Gasteiger charge is -2.35. The highest BCUT2D eigenvalue weighted by Crippen LogP contribution is 2.35. The Bertz CT molecular complexity index is 455. The average Bonchev–Trinajstić information content (AvgIpc) is 2.40. The van der Waals surface area contributed by atoms with E-state index in [0.29, 0.717) is 26.2 Å². The first-order valence-corrected chi connectivity index (χ1v) is 6.34. The van der Waals surface area contributed by atoms with Crippen LogP contribution in [0.1, 0.15) is 18.0 Å². The molecule has 0 bridgehead atoms. The minimum Gasteiger partial charge on any atom is -0.314 e. The Morgan fingerprint density at radius 2 is 1.80 bits per heavy atom. The third-order valence-electron chi connectivity index (χ3n) is 3.36. The van der Waals surface area contributed by atoms with Crippen LogP contribution in [-0.4, -0.2) is 37.3 Å². The van der Waals surface area contributed by atoms with Gasteiger partial charge in [0.15, 0.2) is 11.6 Å². The van der Waals surface area contributed by atoms with E-state index < -0.39 is 30.3 Å². The second-order valence-corrected chi connectivity index (χ2v) is 4.76. The molecule has 0 radical (unpaired) electrons. The molecule has 1 atom stereocenters. The number of rotatable bonds is 3. The molecular weight excluding hydrogens is 279 g/mol. The molecule has 1 saturated heterocycles. The normalized spacial score (nSPS) is 19.1. The minimum atomic E-state index is -4.44. The Morgan fingerprint density at radius 3 is 2.40 bits per heavy atom. The average molecular weight is 294 g/mol. The van der Waals surface area contributed by atoms with Gasteiger partial charge in [0.2, 0.25) is 0 Å². The molecule has 1 aliphatic heterocycles. The van der Waals surface area contributed by atoms with Crippen LogP contribution in [0, 0.1) is 11.6 Å². The number of hydrogen-bond acceptors (Lipinski definition) is 2. The summed E-state index contributed by atoms with van der Waals surface area (Å²) < 4.78 is 65.2. The molecule has 1 aromatic rings. The minimum absolute atomic E-state index is 0.232. The number of benzene rings is 1. The SMILES string of the molecule is Fc1cccc([C@@H](CC(F)(F)F)N2CCNCC2)c1F. The Hall–Kier alpha value is -1.21. The Labute approximate surface area is 113 Å². The molecule has 1 heterocycles. The van der Waals surface area contributed by atoms with E-state index in [4.69, 9.17) is 0 Å². The smallest absolute Gasteiger partial charge is 0.314 e. The standard InChI is InChI=1S/C13H15F5N2/c14-10-3-1-2-9(12(10)15)11(8-13(16,17)18)20-6-4-19-5-7-20/h1-3,11,19H,4-8H2/t11-/m1/s1. The number of halogens is 5. The van der Waals surface area contributed by atoms with Crippen molar-refractivity contribution in [2.45, 2.75) is 18.6 Å². The summed E-state index contributed by atoms with van der Waals surface area (Å²) in [4.78, 5) is 1.54. The van der Waals surface area contributed by atoms with Gasteiger partial charge in [0.25, 0.3) is 0 Å². The highest BCUT2D eigenvalue weighted by atomic mass is 19.4. The zero-order valence-corrected chi connectivity index (χ0v) is 10.7. The van der Waals surface area contributed by atoms with Gasteiger partial charge in [-0.05, 0) is 6.07 Å². The molecule has 2 nitrogen and oxygen atoms in total. The summed E-state index contributed by atoms with van der Waals surface area (Å²) in [6, 6.07) is 2.17. The lowest BCUT2D eigenvalue weighted by atomic mass is 10.00. The summed E-state index contributed by atoms with van der Waals surface area (Å²) in [5, 5.41) is 3.02. The van der Waals surface area contributed by atoms with Gasteiger partial charge in [-0.25, -0.2) is 8.78 Å². The van der Waals surface area contributed by atoms with E-state index in [2.05, 4.69) is 5.32 Å². The van der Waals surface area contributed by atoms with E-state index >= 15 is 0 Å². The van der Waals surface area contributed by atoms with Crippen molar-refractivity contribution in [2.24, 2.45) is 0 Å². The number of nitrogens with zero attached hydrogens (tertiary/aromatic N) is 1. The van der Waals surface area contributed by atoms with Crippen LogP contribution in [0.15, 0.2) is 18.2 Å². The monoisotopic (exact) mass is 294 g/mol. The fraction of sp³-hybridized carbons (Fsp3) is 0.538. The quantitative estimate of drug-likeness (QED) is 0.862. The molecule has 1 aliphatic rings. The van der Waals surface area contributed by atoms with Crippen LogP contribution in [0.2, 0.25) is 0 Å².